The van der Waals surface area contributed by atoms with Crippen LogP contribution in [0.15, 0.2) is 72.3 Å². The Labute approximate surface area is 130 Å². The van der Waals surface area contributed by atoms with E-state index >= 15 is 0 Å². The molecule has 0 unspecified atom stereocenters. The molecule has 0 aliphatic carbocycles. The summed E-state index contributed by atoms with van der Waals surface area (Å²) in [7, 11) is -0.679. The van der Waals surface area contributed by atoms with Crippen molar-refractivity contribution in [3.8, 4) is 0 Å². The standard InChI is InChI=1S/C17H19Si.Li/c1-3-15(2)14-18(16-10-6-4-7-11-16)17-12-8-5-9-13-17;/h3-13H,14H2,1-2H3;/q-1;+1/b15-3-;. The van der Waals surface area contributed by atoms with Gasteiger partial charge >= 0.3 is 18.9 Å². The predicted octanol–water partition coefficient (Wildman–Crippen LogP) is 0.266. The second-order valence-corrected chi connectivity index (χ2v) is 6.99. The molecule has 2 aromatic rings. The van der Waals surface area contributed by atoms with Crippen LogP contribution in [0.2, 0.25) is 6.04 Å². The summed E-state index contributed by atoms with van der Waals surface area (Å²) in [6, 6.07) is 23.0. The van der Waals surface area contributed by atoms with E-state index in [1.807, 2.05) is 0 Å². The van der Waals surface area contributed by atoms with Gasteiger partial charge in [0.1, 0.15) is 0 Å². The molecule has 2 rings (SSSR count). The quantitative estimate of drug-likeness (QED) is 0.545. The number of allylic oxidation sites excluding steroid dienone is 2. The van der Waals surface area contributed by atoms with Crippen LogP contribution >= 0.6 is 0 Å². The van der Waals surface area contributed by atoms with Crippen molar-refractivity contribution >= 4 is 19.2 Å². The van der Waals surface area contributed by atoms with Gasteiger partial charge in [0.05, 0.1) is 0 Å². The second-order valence-electron chi connectivity index (χ2n) is 4.52. The monoisotopic (exact) mass is 258 g/mol. The molecule has 0 saturated heterocycles. The molecule has 0 radical (unpaired) electrons. The Morgan fingerprint density at radius 2 is 1.32 bits per heavy atom. The molecule has 0 heterocycles. The summed E-state index contributed by atoms with van der Waals surface area (Å²) in [5.41, 5.74) is 1.48. The maximum atomic E-state index is 2.27. The van der Waals surface area contributed by atoms with E-state index in [2.05, 4.69) is 80.6 Å². The maximum Gasteiger partial charge on any atom is 1.00 e. The SMILES string of the molecule is C/C=C(/C)C[Si-](c1ccccc1)c1ccccc1.[Li+]. The predicted molar refractivity (Wildman–Crippen MR) is 82.1 cm³/mol. The number of hydrogen-bond acceptors (Lipinski definition) is 0. The molecule has 0 saturated carbocycles. The molecule has 92 valence electrons. The van der Waals surface area contributed by atoms with Gasteiger partial charge in [-0.05, 0) is 13.8 Å². The molecule has 19 heavy (non-hydrogen) atoms. The Morgan fingerprint density at radius 1 is 0.895 bits per heavy atom. The van der Waals surface area contributed by atoms with Crippen LogP contribution in [0, 0.1) is 0 Å². The Hall–Kier alpha value is -1.01. The Balaban J connectivity index is 0.00000180. The second kappa shape index (κ2) is 8.22. The molecule has 0 spiro atoms. The van der Waals surface area contributed by atoms with Gasteiger partial charge in [0.25, 0.3) is 0 Å². The molecule has 0 bridgehead atoms. The van der Waals surface area contributed by atoms with Crippen LogP contribution in [0.4, 0.5) is 0 Å². The smallest absolute Gasteiger partial charge is 0.247 e. The molecule has 2 heteroatoms. The van der Waals surface area contributed by atoms with E-state index in [0.29, 0.717) is 0 Å². The van der Waals surface area contributed by atoms with Crippen LogP contribution in [0.5, 0.6) is 0 Å². The minimum Gasteiger partial charge on any atom is -0.247 e. The third-order valence-corrected chi connectivity index (χ3v) is 6.16. The van der Waals surface area contributed by atoms with E-state index in [-0.39, 0.29) is 18.9 Å². The molecule has 0 aliphatic rings. The van der Waals surface area contributed by atoms with Crippen LogP contribution in [-0.4, -0.2) is 8.80 Å². The largest absolute Gasteiger partial charge is 1.00 e. The van der Waals surface area contributed by atoms with Gasteiger partial charge in [-0.25, -0.2) is 8.80 Å². The van der Waals surface area contributed by atoms with Gasteiger partial charge in [0.15, 0.2) is 0 Å². The average Bonchev–Trinajstić information content (AvgIpc) is 2.46. The third kappa shape index (κ3) is 4.54. The first-order chi connectivity index (χ1) is 8.81. The van der Waals surface area contributed by atoms with Gasteiger partial charge in [-0.15, -0.1) is 11.6 Å². The van der Waals surface area contributed by atoms with Crippen molar-refractivity contribution in [2.75, 3.05) is 0 Å². The molecular weight excluding hydrogens is 239 g/mol. The summed E-state index contributed by atoms with van der Waals surface area (Å²) in [6.45, 7) is 4.36. The zero-order valence-corrected chi connectivity index (χ0v) is 13.1. The van der Waals surface area contributed by atoms with E-state index in [0.717, 1.165) is 0 Å². The molecule has 0 aromatic heterocycles. The Kier molecular flexibility index (Phi) is 6.95. The minimum absolute atomic E-state index is 0. The van der Waals surface area contributed by atoms with Crippen LogP contribution in [0.25, 0.3) is 0 Å². The van der Waals surface area contributed by atoms with Gasteiger partial charge in [0.2, 0.25) is 0 Å². The molecule has 0 aliphatic heterocycles. The van der Waals surface area contributed by atoms with E-state index in [9.17, 15) is 0 Å². The van der Waals surface area contributed by atoms with Gasteiger partial charge < -0.3 is 0 Å². The fraction of sp³-hybridized carbons (Fsp3) is 0.176. The van der Waals surface area contributed by atoms with Crippen molar-refractivity contribution in [3.05, 3.63) is 72.3 Å². The molecule has 0 nitrogen and oxygen atoms in total. The summed E-state index contributed by atoms with van der Waals surface area (Å²) < 4.78 is 0. The fourth-order valence-electron chi connectivity index (χ4n) is 2.03. The molecular formula is C17H19LiSi. The summed E-state index contributed by atoms with van der Waals surface area (Å²) in [4.78, 5) is 0. The van der Waals surface area contributed by atoms with Crippen LogP contribution in [0.1, 0.15) is 13.8 Å². The van der Waals surface area contributed by atoms with Crippen LogP contribution in [0.3, 0.4) is 0 Å². The first-order valence-corrected chi connectivity index (χ1v) is 8.10. The molecule has 0 N–H and O–H groups in total. The zero-order chi connectivity index (χ0) is 12.8. The first-order valence-electron chi connectivity index (χ1n) is 6.39. The zero-order valence-electron chi connectivity index (χ0n) is 12.1. The van der Waals surface area contributed by atoms with Crippen molar-refractivity contribution in [3.63, 3.8) is 0 Å². The minimum atomic E-state index is -0.679. The number of hydrogen-bond donors (Lipinski definition) is 0. The van der Waals surface area contributed by atoms with Crippen LogP contribution < -0.4 is 29.2 Å². The van der Waals surface area contributed by atoms with Gasteiger partial charge in [-0.2, -0.15) is 10.4 Å². The summed E-state index contributed by atoms with van der Waals surface area (Å²) in [6.07, 6.45) is 2.23. The maximum absolute atomic E-state index is 2.27. The van der Waals surface area contributed by atoms with Crippen LogP contribution in [-0.2, 0) is 0 Å². The van der Waals surface area contributed by atoms with E-state index < -0.39 is 8.80 Å². The van der Waals surface area contributed by atoms with E-state index in [1.165, 1.54) is 22.0 Å². The number of rotatable bonds is 4. The number of benzene rings is 2. The van der Waals surface area contributed by atoms with Gasteiger partial charge in [-0.1, -0.05) is 66.7 Å². The summed E-state index contributed by atoms with van der Waals surface area (Å²) >= 11 is 0. The Bertz CT molecular complexity index is 466. The Morgan fingerprint density at radius 3 is 1.68 bits per heavy atom. The van der Waals surface area contributed by atoms with Crippen molar-refractivity contribution in [1.29, 1.82) is 0 Å². The van der Waals surface area contributed by atoms with Crippen molar-refractivity contribution in [2.45, 2.75) is 19.9 Å². The average molecular weight is 258 g/mol. The molecule has 0 amide bonds. The molecule has 0 atom stereocenters. The van der Waals surface area contributed by atoms with Crippen molar-refractivity contribution in [2.24, 2.45) is 0 Å². The normalized spacial score (nSPS) is 10.7. The summed E-state index contributed by atoms with van der Waals surface area (Å²) in [5, 5.41) is 2.99. The van der Waals surface area contributed by atoms with Crippen molar-refractivity contribution < 1.29 is 18.9 Å². The van der Waals surface area contributed by atoms with E-state index in [1.54, 1.807) is 0 Å². The molecule has 2 aromatic carbocycles. The first kappa shape index (κ1) is 16.0. The third-order valence-electron chi connectivity index (χ3n) is 3.19. The van der Waals surface area contributed by atoms with Gasteiger partial charge in [-0.3, -0.25) is 0 Å². The fourth-order valence-corrected chi connectivity index (χ4v) is 4.72. The summed E-state index contributed by atoms with van der Waals surface area (Å²) in [5.74, 6) is 0. The molecule has 0 fully saturated rings. The van der Waals surface area contributed by atoms with Crippen molar-refractivity contribution in [1.82, 2.24) is 0 Å². The topological polar surface area (TPSA) is 0 Å². The van der Waals surface area contributed by atoms with E-state index in [4.69, 9.17) is 0 Å². The van der Waals surface area contributed by atoms with Gasteiger partial charge in [0, 0.05) is 0 Å².